The topological polar surface area (TPSA) is 30.7 Å². The molecule has 3 heteroatoms. The van der Waals surface area contributed by atoms with Crippen LogP contribution in [0.1, 0.15) is 25.0 Å². The van der Waals surface area contributed by atoms with Crippen molar-refractivity contribution in [2.45, 2.75) is 19.3 Å². The van der Waals surface area contributed by atoms with Gasteiger partial charge in [0.1, 0.15) is 0 Å². The minimum atomic E-state index is -0.0566. The third kappa shape index (κ3) is 4.23. The summed E-state index contributed by atoms with van der Waals surface area (Å²) in [6, 6.07) is 54.6. The molecular formula is C47H33N3. The molecule has 236 valence electrons. The van der Waals surface area contributed by atoms with E-state index >= 15 is 0 Å². The van der Waals surface area contributed by atoms with Crippen molar-refractivity contribution in [3.63, 3.8) is 0 Å². The van der Waals surface area contributed by atoms with E-state index in [1.807, 2.05) is 12.4 Å². The summed E-state index contributed by atoms with van der Waals surface area (Å²) < 4.78 is 2.25. The van der Waals surface area contributed by atoms with Crippen molar-refractivity contribution in [2.75, 3.05) is 0 Å². The standard InChI is InChI=1S/C47H33N3/c1-47(2)41-19-11-9-18-40(41)44-37-21-22-38-36-17-10-12-20-43(36)50(45(38)39(37)23-24-42(44)47)46-48-28-35(29-49-46)34-26-32(30-13-5-3-6-14-30)25-33(27-34)31-15-7-4-8-16-31/h3-29H,1-2H3. The summed E-state index contributed by atoms with van der Waals surface area (Å²) in [6.45, 7) is 4.68. The average molecular weight is 640 g/mol. The molecule has 0 unspecified atom stereocenters. The van der Waals surface area contributed by atoms with Crippen LogP contribution in [0.5, 0.6) is 0 Å². The van der Waals surface area contributed by atoms with E-state index in [-0.39, 0.29) is 5.41 Å². The monoisotopic (exact) mass is 639 g/mol. The van der Waals surface area contributed by atoms with Crippen molar-refractivity contribution in [1.29, 1.82) is 0 Å². The molecule has 10 rings (SSSR count). The summed E-state index contributed by atoms with van der Waals surface area (Å²) in [4.78, 5) is 10.2. The van der Waals surface area contributed by atoms with E-state index in [2.05, 4.69) is 170 Å². The zero-order chi connectivity index (χ0) is 33.4. The summed E-state index contributed by atoms with van der Waals surface area (Å²) in [5.41, 5.74) is 14.4. The summed E-state index contributed by atoms with van der Waals surface area (Å²) in [7, 11) is 0. The number of para-hydroxylation sites is 1. The minimum Gasteiger partial charge on any atom is -0.277 e. The van der Waals surface area contributed by atoms with Crippen LogP contribution in [-0.4, -0.2) is 14.5 Å². The Balaban J connectivity index is 1.17. The lowest BCUT2D eigenvalue weighted by atomic mass is 9.82. The van der Waals surface area contributed by atoms with Crippen LogP contribution < -0.4 is 0 Å². The molecule has 7 aromatic carbocycles. The molecule has 2 heterocycles. The predicted molar refractivity (Wildman–Crippen MR) is 208 cm³/mol. The van der Waals surface area contributed by atoms with Crippen molar-refractivity contribution < 1.29 is 0 Å². The van der Waals surface area contributed by atoms with E-state index in [0.717, 1.165) is 33.3 Å². The number of benzene rings is 7. The van der Waals surface area contributed by atoms with Gasteiger partial charge in [-0.2, -0.15) is 0 Å². The van der Waals surface area contributed by atoms with E-state index in [0.29, 0.717) is 5.95 Å². The normalized spacial score (nSPS) is 13.2. The smallest absolute Gasteiger partial charge is 0.234 e. The molecule has 3 nitrogen and oxygen atoms in total. The molecule has 50 heavy (non-hydrogen) atoms. The van der Waals surface area contributed by atoms with E-state index in [4.69, 9.17) is 9.97 Å². The van der Waals surface area contributed by atoms with E-state index < -0.39 is 0 Å². The molecule has 2 aromatic heterocycles. The zero-order valence-electron chi connectivity index (χ0n) is 27.9. The first kappa shape index (κ1) is 28.7. The number of aromatic nitrogens is 3. The predicted octanol–water partition coefficient (Wildman–Crippen LogP) is 12.0. The van der Waals surface area contributed by atoms with E-state index in [9.17, 15) is 0 Å². The first-order valence-corrected chi connectivity index (χ1v) is 17.2. The maximum atomic E-state index is 5.09. The highest BCUT2D eigenvalue weighted by Crippen LogP contribution is 2.52. The van der Waals surface area contributed by atoms with Gasteiger partial charge in [0, 0.05) is 39.5 Å². The number of fused-ring (bicyclic) bond motifs is 9. The summed E-state index contributed by atoms with van der Waals surface area (Å²) in [6.07, 6.45) is 3.95. The highest BCUT2D eigenvalue weighted by Gasteiger charge is 2.36. The number of hydrogen-bond acceptors (Lipinski definition) is 2. The SMILES string of the molecule is CC1(C)c2ccccc2-c2c1ccc1c2ccc2c3ccccc3n(-c3ncc(-c4cc(-c5ccccc5)cc(-c5ccccc5)c4)cn3)c12. The second kappa shape index (κ2) is 10.8. The van der Waals surface area contributed by atoms with Crippen molar-refractivity contribution in [3.05, 3.63) is 175 Å². The van der Waals surface area contributed by atoms with Gasteiger partial charge in [-0.05, 0) is 79.7 Å². The van der Waals surface area contributed by atoms with Crippen LogP contribution in [0.2, 0.25) is 0 Å². The molecule has 0 N–H and O–H groups in total. The lowest BCUT2D eigenvalue weighted by Gasteiger charge is -2.21. The minimum absolute atomic E-state index is 0.0566. The Labute approximate surface area is 291 Å². The van der Waals surface area contributed by atoms with Gasteiger partial charge in [0.25, 0.3) is 0 Å². The van der Waals surface area contributed by atoms with E-state index in [1.54, 1.807) is 0 Å². The van der Waals surface area contributed by atoms with Crippen LogP contribution in [0.4, 0.5) is 0 Å². The molecule has 0 bridgehead atoms. The highest BCUT2D eigenvalue weighted by molar-refractivity contribution is 6.21. The largest absolute Gasteiger partial charge is 0.277 e. The van der Waals surface area contributed by atoms with Crippen LogP contribution in [0, 0.1) is 0 Å². The summed E-state index contributed by atoms with van der Waals surface area (Å²) in [5.74, 6) is 0.663. The highest BCUT2D eigenvalue weighted by atomic mass is 15.1. The zero-order valence-corrected chi connectivity index (χ0v) is 27.9. The molecule has 1 aliphatic rings. The lowest BCUT2D eigenvalue weighted by Crippen LogP contribution is -2.14. The summed E-state index contributed by atoms with van der Waals surface area (Å²) in [5, 5.41) is 4.87. The van der Waals surface area contributed by atoms with Gasteiger partial charge in [-0.3, -0.25) is 4.57 Å². The van der Waals surface area contributed by atoms with Crippen LogP contribution in [0.25, 0.3) is 83.0 Å². The lowest BCUT2D eigenvalue weighted by molar-refractivity contribution is 0.661. The molecule has 0 aliphatic heterocycles. The molecule has 0 saturated carbocycles. The average Bonchev–Trinajstić information content (AvgIpc) is 3.64. The Bertz CT molecular complexity index is 2700. The van der Waals surface area contributed by atoms with Gasteiger partial charge in [0.2, 0.25) is 5.95 Å². The fourth-order valence-corrected chi connectivity index (χ4v) is 8.25. The Morgan fingerprint density at radius 3 is 1.68 bits per heavy atom. The maximum Gasteiger partial charge on any atom is 0.234 e. The maximum absolute atomic E-state index is 5.09. The van der Waals surface area contributed by atoms with Gasteiger partial charge in [-0.15, -0.1) is 0 Å². The third-order valence-corrected chi connectivity index (χ3v) is 10.7. The first-order chi connectivity index (χ1) is 24.6. The molecule has 9 aromatic rings. The fourth-order valence-electron chi connectivity index (χ4n) is 8.25. The third-order valence-electron chi connectivity index (χ3n) is 10.7. The number of rotatable bonds is 4. The van der Waals surface area contributed by atoms with Crippen LogP contribution in [0.3, 0.4) is 0 Å². The van der Waals surface area contributed by atoms with Crippen molar-refractivity contribution >= 4 is 32.6 Å². The van der Waals surface area contributed by atoms with Gasteiger partial charge in [0.15, 0.2) is 0 Å². The molecule has 0 radical (unpaired) electrons. The second-order valence-corrected chi connectivity index (χ2v) is 13.9. The quantitative estimate of drug-likeness (QED) is 0.192. The molecule has 0 saturated heterocycles. The molecule has 0 amide bonds. The van der Waals surface area contributed by atoms with Crippen molar-refractivity contribution in [3.8, 4) is 50.5 Å². The van der Waals surface area contributed by atoms with Gasteiger partial charge in [0.05, 0.1) is 11.0 Å². The molecule has 0 spiro atoms. The van der Waals surface area contributed by atoms with Crippen LogP contribution in [-0.2, 0) is 5.41 Å². The molecule has 1 aliphatic carbocycles. The number of hydrogen-bond donors (Lipinski definition) is 0. The van der Waals surface area contributed by atoms with Gasteiger partial charge in [-0.25, -0.2) is 9.97 Å². The van der Waals surface area contributed by atoms with Gasteiger partial charge >= 0.3 is 0 Å². The Morgan fingerprint density at radius 1 is 0.440 bits per heavy atom. The molecule has 0 fully saturated rings. The second-order valence-electron chi connectivity index (χ2n) is 13.9. The van der Waals surface area contributed by atoms with Crippen molar-refractivity contribution in [1.82, 2.24) is 14.5 Å². The molecule has 0 atom stereocenters. The fraction of sp³-hybridized carbons (Fsp3) is 0.0638. The van der Waals surface area contributed by atoms with Crippen LogP contribution >= 0.6 is 0 Å². The first-order valence-electron chi connectivity index (χ1n) is 17.2. The van der Waals surface area contributed by atoms with Gasteiger partial charge in [-0.1, -0.05) is 141 Å². The Hall–Kier alpha value is -6.32. The van der Waals surface area contributed by atoms with Crippen LogP contribution in [0.15, 0.2) is 164 Å². The molecular weight excluding hydrogens is 607 g/mol. The van der Waals surface area contributed by atoms with Crippen molar-refractivity contribution in [2.24, 2.45) is 0 Å². The van der Waals surface area contributed by atoms with E-state index in [1.165, 1.54) is 54.9 Å². The Kier molecular flexibility index (Phi) is 6.22. The Morgan fingerprint density at radius 2 is 0.980 bits per heavy atom. The van der Waals surface area contributed by atoms with Gasteiger partial charge < -0.3 is 0 Å². The summed E-state index contributed by atoms with van der Waals surface area (Å²) >= 11 is 0. The number of nitrogens with zero attached hydrogens (tertiary/aromatic N) is 3.